The number of ether oxygens (including phenoxy) is 2. The fourth-order valence-electron chi connectivity index (χ4n) is 2.60. The third kappa shape index (κ3) is 2.63. The maximum absolute atomic E-state index is 5.83. The predicted octanol–water partition coefficient (Wildman–Crippen LogP) is 2.76. The van der Waals surface area contributed by atoms with Gasteiger partial charge in [-0.2, -0.15) is 0 Å². The molecule has 1 unspecified atom stereocenters. The van der Waals surface area contributed by atoms with E-state index in [1.807, 2.05) is 26.0 Å². The van der Waals surface area contributed by atoms with E-state index in [0.717, 1.165) is 34.7 Å². The molecule has 0 saturated carbocycles. The summed E-state index contributed by atoms with van der Waals surface area (Å²) in [6.07, 6.45) is 1.08. The lowest BCUT2D eigenvalue weighted by atomic mass is 10.1. The molecular formula is C16H19N3O2. The summed E-state index contributed by atoms with van der Waals surface area (Å²) in [6.45, 7) is 6.50. The van der Waals surface area contributed by atoms with Crippen LogP contribution in [-0.4, -0.2) is 22.7 Å². The minimum absolute atomic E-state index is 0.188. The molecule has 21 heavy (non-hydrogen) atoms. The molecule has 0 radical (unpaired) electrons. The standard InChI is InChI=1S/C16H19N3O2/c1-4-20-14-7-11-6-10(3)21-13(11)8-12(14)16-18-9(2)5-15(17)19-16/h5,7-8,10H,4,6H2,1-3H3,(H2,17,18,19). The third-order valence-electron chi connectivity index (χ3n) is 3.41. The molecule has 0 saturated heterocycles. The number of nitrogen functional groups attached to an aromatic ring is 1. The van der Waals surface area contributed by atoms with Crippen molar-refractivity contribution in [1.82, 2.24) is 9.97 Å². The highest BCUT2D eigenvalue weighted by Gasteiger charge is 2.23. The summed E-state index contributed by atoms with van der Waals surface area (Å²) in [5, 5.41) is 0. The molecule has 1 aromatic heterocycles. The Kier molecular flexibility index (Phi) is 3.41. The number of nitrogens with two attached hydrogens (primary N) is 1. The number of rotatable bonds is 3. The molecule has 2 N–H and O–H groups in total. The average molecular weight is 285 g/mol. The second kappa shape index (κ2) is 5.24. The lowest BCUT2D eigenvalue weighted by molar-refractivity contribution is 0.254. The lowest BCUT2D eigenvalue weighted by Gasteiger charge is -2.12. The van der Waals surface area contributed by atoms with Gasteiger partial charge >= 0.3 is 0 Å². The second-order valence-corrected chi connectivity index (χ2v) is 5.28. The molecule has 5 nitrogen and oxygen atoms in total. The summed E-state index contributed by atoms with van der Waals surface area (Å²) in [6, 6.07) is 5.73. The Labute approximate surface area is 124 Å². The first-order chi connectivity index (χ1) is 10.1. The normalized spacial score (nSPS) is 16.4. The van der Waals surface area contributed by atoms with E-state index in [1.54, 1.807) is 6.07 Å². The zero-order valence-electron chi connectivity index (χ0n) is 12.5. The summed E-state index contributed by atoms with van der Waals surface area (Å²) >= 11 is 0. The van der Waals surface area contributed by atoms with Crippen molar-refractivity contribution < 1.29 is 9.47 Å². The topological polar surface area (TPSA) is 70.3 Å². The number of nitrogens with zero attached hydrogens (tertiary/aromatic N) is 2. The van der Waals surface area contributed by atoms with Crippen LogP contribution in [0.5, 0.6) is 11.5 Å². The molecule has 0 bridgehead atoms. The van der Waals surface area contributed by atoms with Gasteiger partial charge in [0, 0.05) is 23.7 Å². The van der Waals surface area contributed by atoms with Gasteiger partial charge in [-0.1, -0.05) is 0 Å². The smallest absolute Gasteiger partial charge is 0.165 e. The van der Waals surface area contributed by atoms with E-state index in [2.05, 4.69) is 16.9 Å². The quantitative estimate of drug-likeness (QED) is 0.939. The molecule has 3 rings (SSSR count). The van der Waals surface area contributed by atoms with E-state index in [-0.39, 0.29) is 6.10 Å². The van der Waals surface area contributed by atoms with Gasteiger partial charge in [0.05, 0.1) is 12.2 Å². The Hall–Kier alpha value is -2.30. The monoisotopic (exact) mass is 285 g/mol. The van der Waals surface area contributed by atoms with Crippen LogP contribution < -0.4 is 15.2 Å². The van der Waals surface area contributed by atoms with Crippen molar-refractivity contribution in [1.29, 1.82) is 0 Å². The molecule has 110 valence electrons. The molecule has 0 fully saturated rings. The van der Waals surface area contributed by atoms with Gasteiger partial charge in [-0.05, 0) is 32.9 Å². The Morgan fingerprint density at radius 1 is 1.33 bits per heavy atom. The number of hydrogen-bond donors (Lipinski definition) is 1. The van der Waals surface area contributed by atoms with Gasteiger partial charge in [-0.15, -0.1) is 0 Å². The molecule has 1 atom stereocenters. The zero-order chi connectivity index (χ0) is 15.0. The van der Waals surface area contributed by atoms with Gasteiger partial charge in [0.15, 0.2) is 5.82 Å². The molecule has 1 aliphatic rings. The van der Waals surface area contributed by atoms with Gasteiger partial charge in [0.25, 0.3) is 0 Å². The highest BCUT2D eigenvalue weighted by atomic mass is 16.5. The average Bonchev–Trinajstić information content (AvgIpc) is 2.76. The SMILES string of the molecule is CCOc1cc2c(cc1-c1nc(C)cc(N)n1)OC(C)C2. The van der Waals surface area contributed by atoms with Crippen molar-refractivity contribution in [2.24, 2.45) is 0 Å². The number of anilines is 1. The number of aryl methyl sites for hydroxylation is 1. The Balaban J connectivity index is 2.14. The fourth-order valence-corrected chi connectivity index (χ4v) is 2.60. The van der Waals surface area contributed by atoms with Crippen molar-refractivity contribution in [3.63, 3.8) is 0 Å². The maximum Gasteiger partial charge on any atom is 0.165 e. The van der Waals surface area contributed by atoms with E-state index in [0.29, 0.717) is 18.2 Å². The van der Waals surface area contributed by atoms with Gasteiger partial charge in [-0.3, -0.25) is 0 Å². The van der Waals surface area contributed by atoms with Crippen molar-refractivity contribution in [3.05, 3.63) is 29.5 Å². The second-order valence-electron chi connectivity index (χ2n) is 5.28. The molecule has 1 aliphatic heterocycles. The van der Waals surface area contributed by atoms with E-state index < -0.39 is 0 Å². The van der Waals surface area contributed by atoms with Crippen LogP contribution in [0.4, 0.5) is 5.82 Å². The van der Waals surface area contributed by atoms with E-state index in [4.69, 9.17) is 15.2 Å². The summed E-state index contributed by atoms with van der Waals surface area (Å²) in [7, 11) is 0. The van der Waals surface area contributed by atoms with Crippen LogP contribution in [0.2, 0.25) is 0 Å². The van der Waals surface area contributed by atoms with Crippen LogP contribution in [0.15, 0.2) is 18.2 Å². The van der Waals surface area contributed by atoms with Crippen molar-refractivity contribution in [2.45, 2.75) is 33.3 Å². The highest BCUT2D eigenvalue weighted by molar-refractivity contribution is 5.69. The first-order valence-corrected chi connectivity index (χ1v) is 7.14. The lowest BCUT2D eigenvalue weighted by Crippen LogP contribution is -2.05. The Morgan fingerprint density at radius 3 is 2.86 bits per heavy atom. The summed E-state index contributed by atoms with van der Waals surface area (Å²) in [5.74, 6) is 2.68. The van der Waals surface area contributed by atoms with E-state index in [9.17, 15) is 0 Å². The van der Waals surface area contributed by atoms with Gasteiger partial charge < -0.3 is 15.2 Å². The van der Waals surface area contributed by atoms with Gasteiger partial charge in [0.1, 0.15) is 23.4 Å². The molecule has 2 aromatic rings. The van der Waals surface area contributed by atoms with Crippen LogP contribution >= 0.6 is 0 Å². The Bertz CT molecular complexity index is 665. The maximum atomic E-state index is 5.83. The third-order valence-corrected chi connectivity index (χ3v) is 3.41. The molecule has 0 amide bonds. The number of benzene rings is 1. The van der Waals surface area contributed by atoms with Crippen molar-refractivity contribution >= 4 is 5.82 Å². The van der Waals surface area contributed by atoms with Crippen LogP contribution in [0.25, 0.3) is 11.4 Å². The highest BCUT2D eigenvalue weighted by Crippen LogP contribution is 2.39. The molecular weight excluding hydrogens is 266 g/mol. The summed E-state index contributed by atoms with van der Waals surface area (Å²) < 4.78 is 11.6. The molecule has 0 spiro atoms. The predicted molar refractivity (Wildman–Crippen MR) is 81.6 cm³/mol. The molecule has 1 aromatic carbocycles. The fraction of sp³-hybridized carbons (Fsp3) is 0.375. The minimum Gasteiger partial charge on any atom is -0.493 e. The molecule has 2 heterocycles. The van der Waals surface area contributed by atoms with Crippen molar-refractivity contribution in [2.75, 3.05) is 12.3 Å². The minimum atomic E-state index is 0.188. The van der Waals surface area contributed by atoms with Crippen LogP contribution in [0.1, 0.15) is 25.1 Å². The summed E-state index contributed by atoms with van der Waals surface area (Å²) in [5.41, 5.74) is 8.64. The van der Waals surface area contributed by atoms with Crippen molar-refractivity contribution in [3.8, 4) is 22.9 Å². The first kappa shape index (κ1) is 13.7. The molecule has 0 aliphatic carbocycles. The van der Waals surface area contributed by atoms with Crippen LogP contribution in [-0.2, 0) is 6.42 Å². The number of hydrogen-bond acceptors (Lipinski definition) is 5. The molecule has 5 heteroatoms. The number of aromatic nitrogens is 2. The zero-order valence-corrected chi connectivity index (χ0v) is 12.5. The number of fused-ring (bicyclic) bond motifs is 1. The van der Waals surface area contributed by atoms with E-state index >= 15 is 0 Å². The van der Waals surface area contributed by atoms with Gasteiger partial charge in [-0.25, -0.2) is 9.97 Å². The summed E-state index contributed by atoms with van der Waals surface area (Å²) in [4.78, 5) is 8.79. The van der Waals surface area contributed by atoms with E-state index in [1.165, 1.54) is 0 Å². The largest absolute Gasteiger partial charge is 0.493 e. The first-order valence-electron chi connectivity index (χ1n) is 7.14. The van der Waals surface area contributed by atoms with Crippen LogP contribution in [0.3, 0.4) is 0 Å². The van der Waals surface area contributed by atoms with Gasteiger partial charge in [0.2, 0.25) is 0 Å². The Morgan fingerprint density at radius 2 is 2.14 bits per heavy atom. The van der Waals surface area contributed by atoms with Crippen LogP contribution in [0, 0.1) is 6.92 Å².